The molecule has 0 aliphatic heterocycles. The van der Waals surface area contributed by atoms with Crippen molar-refractivity contribution in [2.45, 2.75) is 31.2 Å². The van der Waals surface area contributed by atoms with E-state index in [4.69, 9.17) is 5.73 Å². The smallest absolute Gasteiger partial charge is 0.189 e. The highest BCUT2D eigenvalue weighted by molar-refractivity contribution is 5.77. The molecule has 1 fully saturated rings. The summed E-state index contributed by atoms with van der Waals surface area (Å²) >= 11 is 0. The van der Waals surface area contributed by atoms with Gasteiger partial charge in [0.2, 0.25) is 0 Å². The summed E-state index contributed by atoms with van der Waals surface area (Å²) in [4.78, 5) is 4.33. The molecular formula is C16H21N5. The monoisotopic (exact) mass is 283 g/mol. The Kier molecular flexibility index (Phi) is 3.90. The molecule has 1 aromatic heterocycles. The summed E-state index contributed by atoms with van der Waals surface area (Å²) in [6, 6.07) is 12.6. The van der Waals surface area contributed by atoms with Crippen molar-refractivity contribution >= 4 is 5.96 Å². The van der Waals surface area contributed by atoms with Crippen LogP contribution in [0, 0.1) is 0 Å². The van der Waals surface area contributed by atoms with E-state index < -0.39 is 0 Å². The third kappa shape index (κ3) is 3.07. The number of aromatic amines is 1. The van der Waals surface area contributed by atoms with Gasteiger partial charge in [0.15, 0.2) is 5.96 Å². The second kappa shape index (κ2) is 5.99. The van der Waals surface area contributed by atoms with Crippen LogP contribution in [0.5, 0.6) is 0 Å². The maximum atomic E-state index is 5.96. The van der Waals surface area contributed by atoms with Gasteiger partial charge in [-0.15, -0.1) is 0 Å². The summed E-state index contributed by atoms with van der Waals surface area (Å²) in [7, 11) is 0. The van der Waals surface area contributed by atoms with Crippen LogP contribution in [0.2, 0.25) is 0 Å². The molecule has 0 atom stereocenters. The lowest BCUT2D eigenvalue weighted by atomic mass is 9.64. The number of nitrogens with two attached hydrogens (primary N) is 1. The average Bonchev–Trinajstić information content (AvgIpc) is 2.98. The number of hydrogen-bond donors (Lipinski definition) is 3. The SMILES string of the molecule is NC(=NCc1ccn[nH]1)NCC1(c2ccccc2)CCC1. The maximum absolute atomic E-state index is 5.96. The zero-order valence-corrected chi connectivity index (χ0v) is 12.0. The van der Waals surface area contributed by atoms with Crippen LogP contribution in [0.4, 0.5) is 0 Å². The molecule has 0 saturated heterocycles. The normalized spacial score (nSPS) is 17.2. The number of nitrogens with one attached hydrogen (secondary N) is 2. The van der Waals surface area contributed by atoms with E-state index in [0.29, 0.717) is 12.5 Å². The number of nitrogens with zero attached hydrogens (tertiary/aromatic N) is 2. The lowest BCUT2D eigenvalue weighted by molar-refractivity contribution is 0.244. The molecule has 0 spiro atoms. The van der Waals surface area contributed by atoms with Gasteiger partial charge < -0.3 is 11.1 Å². The van der Waals surface area contributed by atoms with E-state index in [0.717, 1.165) is 12.2 Å². The van der Waals surface area contributed by atoms with Gasteiger partial charge in [0.25, 0.3) is 0 Å². The number of aromatic nitrogens is 2. The number of benzene rings is 1. The quantitative estimate of drug-likeness (QED) is 0.579. The number of hydrogen-bond acceptors (Lipinski definition) is 2. The predicted molar refractivity (Wildman–Crippen MR) is 83.9 cm³/mol. The van der Waals surface area contributed by atoms with Crippen LogP contribution >= 0.6 is 0 Å². The fraction of sp³-hybridized carbons (Fsp3) is 0.375. The van der Waals surface area contributed by atoms with E-state index >= 15 is 0 Å². The lowest BCUT2D eigenvalue weighted by Crippen LogP contribution is -2.47. The summed E-state index contributed by atoms with van der Waals surface area (Å²) < 4.78 is 0. The van der Waals surface area contributed by atoms with Gasteiger partial charge in [0.1, 0.15) is 0 Å². The van der Waals surface area contributed by atoms with Crippen molar-refractivity contribution in [3.63, 3.8) is 0 Å². The molecule has 21 heavy (non-hydrogen) atoms. The van der Waals surface area contributed by atoms with Crippen molar-refractivity contribution in [2.75, 3.05) is 6.54 Å². The van der Waals surface area contributed by atoms with Gasteiger partial charge in [-0.2, -0.15) is 5.10 Å². The topological polar surface area (TPSA) is 79.1 Å². The molecule has 0 amide bonds. The Labute approximate surface area is 124 Å². The highest BCUT2D eigenvalue weighted by Gasteiger charge is 2.38. The fourth-order valence-electron chi connectivity index (χ4n) is 2.82. The molecule has 5 nitrogen and oxygen atoms in total. The van der Waals surface area contributed by atoms with E-state index in [1.807, 2.05) is 6.07 Å². The molecule has 5 heteroatoms. The lowest BCUT2D eigenvalue weighted by Gasteiger charge is -2.42. The van der Waals surface area contributed by atoms with Crippen LogP contribution in [-0.4, -0.2) is 22.7 Å². The van der Waals surface area contributed by atoms with E-state index in [1.54, 1.807) is 6.20 Å². The van der Waals surface area contributed by atoms with Crippen LogP contribution < -0.4 is 11.1 Å². The molecule has 1 saturated carbocycles. The first-order valence-corrected chi connectivity index (χ1v) is 7.36. The fourth-order valence-corrected chi connectivity index (χ4v) is 2.82. The first-order valence-electron chi connectivity index (χ1n) is 7.36. The standard InChI is InChI=1S/C16H21N5/c17-15(18-11-14-7-10-20-21-14)19-12-16(8-4-9-16)13-5-2-1-3-6-13/h1-3,5-7,10H,4,8-9,11-12H2,(H,20,21)(H3,17,18,19). The van der Waals surface area contributed by atoms with Crippen molar-refractivity contribution in [1.29, 1.82) is 0 Å². The zero-order valence-electron chi connectivity index (χ0n) is 12.0. The third-order valence-corrected chi connectivity index (χ3v) is 4.28. The average molecular weight is 283 g/mol. The van der Waals surface area contributed by atoms with Crippen molar-refractivity contribution in [1.82, 2.24) is 15.5 Å². The summed E-state index contributed by atoms with van der Waals surface area (Å²) in [6.45, 7) is 1.37. The minimum absolute atomic E-state index is 0.218. The van der Waals surface area contributed by atoms with Gasteiger partial charge in [0, 0.05) is 18.2 Å². The summed E-state index contributed by atoms with van der Waals surface area (Å²) in [5, 5.41) is 10.0. The number of guanidine groups is 1. The van der Waals surface area contributed by atoms with E-state index in [9.17, 15) is 0 Å². The summed E-state index contributed by atoms with van der Waals surface area (Å²) in [5.41, 5.74) is 8.53. The highest BCUT2D eigenvalue weighted by Crippen LogP contribution is 2.42. The summed E-state index contributed by atoms with van der Waals surface area (Å²) in [6.07, 6.45) is 5.41. The van der Waals surface area contributed by atoms with E-state index in [1.165, 1.54) is 24.8 Å². The molecular weight excluding hydrogens is 262 g/mol. The Morgan fingerprint density at radius 3 is 2.71 bits per heavy atom. The number of H-pyrrole nitrogens is 1. The van der Waals surface area contributed by atoms with Crippen molar-refractivity contribution in [3.8, 4) is 0 Å². The first-order chi connectivity index (χ1) is 10.3. The predicted octanol–water partition coefficient (Wildman–Crippen LogP) is 1.94. The van der Waals surface area contributed by atoms with Gasteiger partial charge in [-0.25, -0.2) is 4.99 Å². The van der Waals surface area contributed by atoms with Gasteiger partial charge >= 0.3 is 0 Å². The highest BCUT2D eigenvalue weighted by atomic mass is 15.1. The molecule has 0 radical (unpaired) electrons. The Morgan fingerprint density at radius 1 is 1.29 bits per heavy atom. The molecule has 4 N–H and O–H groups in total. The Hall–Kier alpha value is -2.30. The van der Waals surface area contributed by atoms with Crippen molar-refractivity contribution in [3.05, 3.63) is 53.9 Å². The van der Waals surface area contributed by atoms with Gasteiger partial charge in [-0.05, 0) is 24.5 Å². The van der Waals surface area contributed by atoms with E-state index in [2.05, 4.69) is 50.8 Å². The number of rotatable bonds is 5. The van der Waals surface area contributed by atoms with Crippen LogP contribution in [0.1, 0.15) is 30.5 Å². The largest absolute Gasteiger partial charge is 0.370 e. The molecule has 0 unspecified atom stereocenters. The molecule has 3 rings (SSSR count). The second-order valence-corrected chi connectivity index (χ2v) is 5.64. The third-order valence-electron chi connectivity index (χ3n) is 4.28. The summed E-state index contributed by atoms with van der Waals surface area (Å²) in [5.74, 6) is 0.492. The Morgan fingerprint density at radius 2 is 2.10 bits per heavy atom. The van der Waals surface area contributed by atoms with Crippen LogP contribution in [-0.2, 0) is 12.0 Å². The van der Waals surface area contributed by atoms with Crippen LogP contribution in [0.15, 0.2) is 47.6 Å². The zero-order chi connectivity index (χ0) is 14.5. The van der Waals surface area contributed by atoms with Crippen LogP contribution in [0.25, 0.3) is 0 Å². The van der Waals surface area contributed by atoms with Gasteiger partial charge in [0.05, 0.1) is 12.2 Å². The molecule has 1 aliphatic carbocycles. The molecule has 1 aromatic carbocycles. The Balaban J connectivity index is 1.59. The molecule has 110 valence electrons. The Bertz CT molecular complexity index is 584. The molecule has 2 aromatic rings. The van der Waals surface area contributed by atoms with Gasteiger partial charge in [-0.3, -0.25) is 5.10 Å². The molecule has 1 heterocycles. The molecule has 1 aliphatic rings. The number of aliphatic imine (C=N–C) groups is 1. The van der Waals surface area contributed by atoms with Gasteiger partial charge in [-0.1, -0.05) is 36.8 Å². The van der Waals surface area contributed by atoms with Crippen LogP contribution in [0.3, 0.4) is 0 Å². The first kappa shape index (κ1) is 13.7. The minimum atomic E-state index is 0.218. The van der Waals surface area contributed by atoms with Crippen molar-refractivity contribution < 1.29 is 0 Å². The molecule has 0 bridgehead atoms. The maximum Gasteiger partial charge on any atom is 0.189 e. The van der Waals surface area contributed by atoms with E-state index in [-0.39, 0.29) is 5.41 Å². The van der Waals surface area contributed by atoms with Crippen molar-refractivity contribution in [2.24, 2.45) is 10.7 Å². The second-order valence-electron chi connectivity index (χ2n) is 5.64. The minimum Gasteiger partial charge on any atom is -0.370 e.